The molecule has 21 heavy (non-hydrogen) atoms. The fourth-order valence-electron chi connectivity index (χ4n) is 2.64. The van der Waals surface area contributed by atoms with Crippen molar-refractivity contribution in [1.82, 2.24) is 9.78 Å². The highest BCUT2D eigenvalue weighted by molar-refractivity contribution is 7.10. The minimum Gasteiger partial charge on any atom is -0.480 e. The van der Waals surface area contributed by atoms with Crippen molar-refractivity contribution in [2.24, 2.45) is 0 Å². The average molecular weight is 305 g/mol. The molecule has 0 saturated carbocycles. The molecule has 3 rings (SSSR count). The summed E-state index contributed by atoms with van der Waals surface area (Å²) in [5.41, 5.74) is 1.66. The van der Waals surface area contributed by atoms with Gasteiger partial charge in [0.05, 0.1) is 17.8 Å². The Hall–Kier alpha value is -2.15. The summed E-state index contributed by atoms with van der Waals surface area (Å²) >= 11 is 1.70. The smallest absolute Gasteiger partial charge is 0.325 e. The van der Waals surface area contributed by atoms with Crippen molar-refractivity contribution in [3.8, 4) is 0 Å². The van der Waals surface area contributed by atoms with Gasteiger partial charge in [0.25, 0.3) is 0 Å². The zero-order valence-electron chi connectivity index (χ0n) is 11.3. The summed E-state index contributed by atoms with van der Waals surface area (Å²) < 4.78 is 1.29. The van der Waals surface area contributed by atoms with Crippen LogP contribution in [0.5, 0.6) is 0 Å². The van der Waals surface area contributed by atoms with Gasteiger partial charge in [0.1, 0.15) is 6.54 Å². The summed E-state index contributed by atoms with van der Waals surface area (Å²) in [7, 11) is 0. The van der Waals surface area contributed by atoms with Gasteiger partial charge in [-0.25, -0.2) is 0 Å². The summed E-state index contributed by atoms with van der Waals surface area (Å²) in [4.78, 5) is 24.3. The third kappa shape index (κ3) is 2.97. The molecule has 1 atom stereocenters. The molecule has 6 nitrogen and oxygen atoms in total. The first-order chi connectivity index (χ1) is 10.1. The van der Waals surface area contributed by atoms with Crippen LogP contribution in [0.2, 0.25) is 0 Å². The van der Waals surface area contributed by atoms with E-state index >= 15 is 0 Å². The molecule has 0 spiro atoms. The van der Waals surface area contributed by atoms with Gasteiger partial charge in [-0.3, -0.25) is 14.3 Å². The van der Waals surface area contributed by atoms with E-state index in [1.165, 1.54) is 22.0 Å². The van der Waals surface area contributed by atoms with E-state index in [-0.39, 0.29) is 18.4 Å². The topological polar surface area (TPSA) is 84.2 Å². The number of rotatable bonds is 4. The largest absolute Gasteiger partial charge is 0.480 e. The Labute approximate surface area is 125 Å². The zero-order chi connectivity index (χ0) is 14.8. The maximum atomic E-state index is 12.4. The lowest BCUT2D eigenvalue weighted by molar-refractivity contribution is -0.137. The van der Waals surface area contributed by atoms with Gasteiger partial charge >= 0.3 is 5.97 Å². The Morgan fingerprint density at radius 1 is 1.52 bits per heavy atom. The van der Waals surface area contributed by atoms with Crippen molar-refractivity contribution >= 4 is 28.9 Å². The molecule has 0 fully saturated rings. The molecule has 1 unspecified atom stereocenters. The standard InChI is InChI=1S/C14H15N3O3S/c18-13(19)8-17-7-9(6-15-17)16-14(20)11-2-1-3-12-10(11)4-5-21-12/h4-7,11H,1-3,8H2,(H,16,20)(H,18,19). The van der Waals surface area contributed by atoms with Crippen LogP contribution < -0.4 is 5.32 Å². The Morgan fingerprint density at radius 3 is 3.19 bits per heavy atom. The Kier molecular flexibility index (Phi) is 3.74. The maximum Gasteiger partial charge on any atom is 0.325 e. The van der Waals surface area contributed by atoms with Crippen molar-refractivity contribution in [3.05, 3.63) is 34.3 Å². The van der Waals surface area contributed by atoms with Crippen LogP contribution in [-0.4, -0.2) is 26.8 Å². The van der Waals surface area contributed by atoms with Gasteiger partial charge in [0, 0.05) is 11.1 Å². The first-order valence-electron chi connectivity index (χ1n) is 6.75. The van der Waals surface area contributed by atoms with Crippen LogP contribution in [0.25, 0.3) is 0 Å². The minimum absolute atomic E-state index is 0.0516. The molecule has 1 amide bonds. The molecule has 1 aliphatic rings. The molecule has 1 aliphatic carbocycles. The zero-order valence-corrected chi connectivity index (χ0v) is 12.1. The number of carbonyl (C=O) groups is 2. The third-order valence-electron chi connectivity index (χ3n) is 3.57. The van der Waals surface area contributed by atoms with Crippen molar-refractivity contribution in [2.45, 2.75) is 31.7 Å². The lowest BCUT2D eigenvalue weighted by atomic mass is 9.87. The molecule has 0 aliphatic heterocycles. The van der Waals surface area contributed by atoms with E-state index in [9.17, 15) is 9.59 Å². The van der Waals surface area contributed by atoms with E-state index in [2.05, 4.69) is 10.4 Å². The predicted octanol–water partition coefficient (Wildman–Crippen LogP) is 2.09. The van der Waals surface area contributed by atoms with Crippen LogP contribution >= 0.6 is 11.3 Å². The van der Waals surface area contributed by atoms with Crippen molar-refractivity contribution in [2.75, 3.05) is 5.32 Å². The third-order valence-corrected chi connectivity index (χ3v) is 4.56. The molecule has 7 heteroatoms. The second-order valence-electron chi connectivity index (χ2n) is 5.05. The van der Waals surface area contributed by atoms with Gasteiger partial charge in [-0.2, -0.15) is 5.10 Å². The average Bonchev–Trinajstić information content (AvgIpc) is 3.06. The monoisotopic (exact) mass is 305 g/mol. The Bertz CT molecular complexity index is 677. The Balaban J connectivity index is 1.70. The number of anilines is 1. The SMILES string of the molecule is O=C(O)Cn1cc(NC(=O)C2CCCc3sccc32)cn1. The summed E-state index contributed by atoms with van der Waals surface area (Å²) in [5.74, 6) is -1.14. The number of thiophene rings is 1. The molecule has 110 valence electrons. The van der Waals surface area contributed by atoms with E-state index in [1.54, 1.807) is 11.3 Å². The molecule has 0 saturated heterocycles. The normalized spacial score (nSPS) is 17.2. The van der Waals surface area contributed by atoms with Crippen LogP contribution in [0.15, 0.2) is 23.8 Å². The summed E-state index contributed by atoms with van der Waals surface area (Å²) in [6.07, 6.45) is 5.91. The minimum atomic E-state index is -0.967. The van der Waals surface area contributed by atoms with Crippen LogP contribution in [-0.2, 0) is 22.6 Å². The molecule has 0 bridgehead atoms. The second kappa shape index (κ2) is 5.69. The van der Waals surface area contributed by atoms with Gasteiger partial charge in [0.2, 0.25) is 5.91 Å². The van der Waals surface area contributed by atoms with Crippen molar-refractivity contribution < 1.29 is 14.7 Å². The summed E-state index contributed by atoms with van der Waals surface area (Å²) in [6.45, 7) is -0.214. The van der Waals surface area contributed by atoms with E-state index in [0.717, 1.165) is 24.8 Å². The second-order valence-corrected chi connectivity index (χ2v) is 6.05. The number of carboxylic acid groups (broad SMARTS) is 1. The molecular weight excluding hydrogens is 290 g/mol. The van der Waals surface area contributed by atoms with Crippen LogP contribution in [0.1, 0.15) is 29.2 Å². The summed E-state index contributed by atoms with van der Waals surface area (Å²) in [6, 6.07) is 2.03. The van der Waals surface area contributed by atoms with E-state index in [4.69, 9.17) is 5.11 Å². The predicted molar refractivity (Wildman–Crippen MR) is 78.5 cm³/mol. The molecular formula is C14H15N3O3S. The van der Waals surface area contributed by atoms with Crippen molar-refractivity contribution in [3.63, 3.8) is 0 Å². The number of fused-ring (bicyclic) bond motifs is 1. The number of amides is 1. The molecule has 2 N–H and O–H groups in total. The number of carbonyl (C=O) groups excluding carboxylic acids is 1. The molecule has 2 heterocycles. The fraction of sp³-hybridized carbons (Fsp3) is 0.357. The highest BCUT2D eigenvalue weighted by Gasteiger charge is 2.27. The highest BCUT2D eigenvalue weighted by atomic mass is 32.1. The van der Waals surface area contributed by atoms with E-state index < -0.39 is 5.97 Å². The number of carboxylic acids is 1. The van der Waals surface area contributed by atoms with Crippen LogP contribution in [0.4, 0.5) is 5.69 Å². The van der Waals surface area contributed by atoms with Gasteiger partial charge in [-0.05, 0) is 36.3 Å². The molecule has 2 aromatic heterocycles. The lowest BCUT2D eigenvalue weighted by Crippen LogP contribution is -2.23. The number of aromatic nitrogens is 2. The summed E-state index contributed by atoms with van der Waals surface area (Å²) in [5, 5.41) is 17.5. The quantitative estimate of drug-likeness (QED) is 0.906. The fourth-order valence-corrected chi connectivity index (χ4v) is 3.63. The first kappa shape index (κ1) is 13.8. The van der Waals surface area contributed by atoms with Gasteiger partial charge in [-0.1, -0.05) is 0 Å². The number of aryl methyl sites for hydroxylation is 1. The number of hydrogen-bond acceptors (Lipinski definition) is 4. The number of aliphatic carboxylic acids is 1. The maximum absolute atomic E-state index is 12.4. The number of hydrogen-bond donors (Lipinski definition) is 2. The first-order valence-corrected chi connectivity index (χ1v) is 7.63. The number of nitrogens with one attached hydrogen (secondary N) is 1. The van der Waals surface area contributed by atoms with Crippen LogP contribution in [0, 0.1) is 0 Å². The van der Waals surface area contributed by atoms with Gasteiger partial charge in [0.15, 0.2) is 0 Å². The van der Waals surface area contributed by atoms with Crippen LogP contribution in [0.3, 0.4) is 0 Å². The molecule has 0 aromatic carbocycles. The van der Waals surface area contributed by atoms with Crippen molar-refractivity contribution in [1.29, 1.82) is 0 Å². The van der Waals surface area contributed by atoms with Gasteiger partial charge in [-0.15, -0.1) is 11.3 Å². The molecule has 0 radical (unpaired) electrons. The lowest BCUT2D eigenvalue weighted by Gasteiger charge is -2.21. The van der Waals surface area contributed by atoms with Gasteiger partial charge < -0.3 is 10.4 Å². The number of nitrogens with zero attached hydrogens (tertiary/aromatic N) is 2. The highest BCUT2D eigenvalue weighted by Crippen LogP contribution is 2.35. The molecule has 2 aromatic rings. The Morgan fingerprint density at radius 2 is 2.38 bits per heavy atom. The van der Waals surface area contributed by atoms with E-state index in [0.29, 0.717) is 5.69 Å². The van der Waals surface area contributed by atoms with E-state index in [1.807, 2.05) is 11.4 Å².